The van der Waals surface area contributed by atoms with Gasteiger partial charge in [0.1, 0.15) is 0 Å². The van der Waals surface area contributed by atoms with Crippen LogP contribution >= 0.6 is 0 Å². The number of benzene rings is 1. The zero-order valence-electron chi connectivity index (χ0n) is 16.5. The zero-order chi connectivity index (χ0) is 18.7. The van der Waals surface area contributed by atoms with Gasteiger partial charge in [-0.2, -0.15) is 0 Å². The summed E-state index contributed by atoms with van der Waals surface area (Å²) >= 11 is 0. The van der Waals surface area contributed by atoms with Gasteiger partial charge in [0.25, 0.3) is 0 Å². The minimum atomic E-state index is -3.11. The number of fused-ring (bicyclic) bond motifs is 1. The van der Waals surface area contributed by atoms with E-state index in [0.29, 0.717) is 24.4 Å². The molecule has 0 aromatic heterocycles. The van der Waals surface area contributed by atoms with Crippen molar-refractivity contribution in [2.45, 2.75) is 63.7 Å². The van der Waals surface area contributed by atoms with Crippen molar-refractivity contribution in [1.82, 2.24) is 9.21 Å². The number of piperidine rings is 2. The minimum Gasteiger partial charge on any atom is -0.300 e. The predicted octanol–water partition coefficient (Wildman–Crippen LogP) is 3.70. The SMILES string of the molecule is CC(CCN1CCC[C@@H]2CN(S(=O)(=O)C(C)C)CC[C@H]21)c1ccccc1. The topological polar surface area (TPSA) is 40.6 Å². The van der Waals surface area contributed by atoms with E-state index in [2.05, 4.69) is 42.2 Å². The molecule has 2 aliphatic heterocycles. The molecule has 0 aliphatic carbocycles. The fourth-order valence-electron chi connectivity index (χ4n) is 4.59. The third kappa shape index (κ3) is 4.32. The summed E-state index contributed by atoms with van der Waals surface area (Å²) in [7, 11) is -3.11. The largest absolute Gasteiger partial charge is 0.300 e. The van der Waals surface area contributed by atoms with Gasteiger partial charge in [0.2, 0.25) is 10.0 Å². The summed E-state index contributed by atoms with van der Waals surface area (Å²) in [4.78, 5) is 2.65. The third-order valence-corrected chi connectivity index (χ3v) is 8.56. The van der Waals surface area contributed by atoms with Gasteiger partial charge >= 0.3 is 0 Å². The Labute approximate surface area is 159 Å². The predicted molar refractivity (Wildman–Crippen MR) is 108 cm³/mol. The maximum absolute atomic E-state index is 12.5. The van der Waals surface area contributed by atoms with E-state index in [0.717, 1.165) is 19.5 Å². The summed E-state index contributed by atoms with van der Waals surface area (Å²) in [5.41, 5.74) is 1.42. The molecule has 0 radical (unpaired) electrons. The number of hydrogen-bond donors (Lipinski definition) is 0. The fraction of sp³-hybridized carbons (Fsp3) is 0.714. The van der Waals surface area contributed by atoms with E-state index < -0.39 is 10.0 Å². The molecule has 2 aliphatic rings. The molecule has 1 unspecified atom stereocenters. The summed E-state index contributed by atoms with van der Waals surface area (Å²) < 4.78 is 26.8. The van der Waals surface area contributed by atoms with Crippen molar-refractivity contribution in [1.29, 1.82) is 0 Å². The lowest BCUT2D eigenvalue weighted by Crippen LogP contribution is -2.56. The zero-order valence-corrected chi connectivity index (χ0v) is 17.3. The van der Waals surface area contributed by atoms with E-state index in [4.69, 9.17) is 0 Å². The van der Waals surface area contributed by atoms with Crippen LogP contribution in [-0.4, -0.2) is 55.1 Å². The van der Waals surface area contributed by atoms with Crippen LogP contribution < -0.4 is 0 Å². The molecule has 1 aromatic carbocycles. The molecule has 2 heterocycles. The molecule has 0 bridgehead atoms. The summed E-state index contributed by atoms with van der Waals surface area (Å²) in [6.45, 7) is 9.59. The van der Waals surface area contributed by atoms with Crippen molar-refractivity contribution in [2.24, 2.45) is 5.92 Å². The van der Waals surface area contributed by atoms with Crippen LogP contribution in [0.15, 0.2) is 30.3 Å². The molecule has 4 nitrogen and oxygen atoms in total. The molecule has 3 atom stereocenters. The molecular formula is C21H34N2O2S. The summed E-state index contributed by atoms with van der Waals surface area (Å²) in [5.74, 6) is 1.07. The van der Waals surface area contributed by atoms with Crippen molar-refractivity contribution in [2.75, 3.05) is 26.2 Å². The summed E-state index contributed by atoms with van der Waals surface area (Å²) in [5, 5.41) is -0.314. The minimum absolute atomic E-state index is 0.314. The van der Waals surface area contributed by atoms with Gasteiger partial charge in [-0.25, -0.2) is 12.7 Å². The van der Waals surface area contributed by atoms with E-state index in [9.17, 15) is 8.42 Å². The van der Waals surface area contributed by atoms with Gasteiger partial charge in [-0.1, -0.05) is 37.3 Å². The van der Waals surface area contributed by atoms with Crippen LogP contribution in [0.4, 0.5) is 0 Å². The van der Waals surface area contributed by atoms with E-state index in [1.807, 2.05) is 0 Å². The van der Waals surface area contributed by atoms with Crippen LogP contribution in [0, 0.1) is 5.92 Å². The lowest BCUT2D eigenvalue weighted by atomic mass is 9.84. The molecule has 3 rings (SSSR count). The van der Waals surface area contributed by atoms with Crippen LogP contribution in [0.2, 0.25) is 0 Å². The smallest absolute Gasteiger partial charge is 0.216 e. The molecule has 5 heteroatoms. The first-order chi connectivity index (χ1) is 12.4. The molecule has 0 N–H and O–H groups in total. The van der Waals surface area contributed by atoms with Crippen molar-refractivity contribution >= 4 is 10.0 Å². The van der Waals surface area contributed by atoms with Crippen LogP contribution in [-0.2, 0) is 10.0 Å². The van der Waals surface area contributed by atoms with Gasteiger partial charge in [-0.15, -0.1) is 0 Å². The van der Waals surface area contributed by atoms with Crippen molar-refractivity contribution in [3.05, 3.63) is 35.9 Å². The second-order valence-corrected chi connectivity index (χ2v) is 10.8. The average molecular weight is 379 g/mol. The van der Waals surface area contributed by atoms with Gasteiger partial charge in [-0.3, -0.25) is 4.90 Å². The first-order valence-electron chi connectivity index (χ1n) is 10.2. The molecular weight excluding hydrogens is 344 g/mol. The molecule has 0 amide bonds. The van der Waals surface area contributed by atoms with Crippen LogP contribution in [0.5, 0.6) is 0 Å². The maximum atomic E-state index is 12.5. The Morgan fingerprint density at radius 1 is 1.08 bits per heavy atom. The second-order valence-electron chi connectivity index (χ2n) is 8.35. The van der Waals surface area contributed by atoms with Gasteiger partial charge in [0.15, 0.2) is 0 Å². The Morgan fingerprint density at radius 2 is 1.81 bits per heavy atom. The first kappa shape index (κ1) is 19.8. The maximum Gasteiger partial charge on any atom is 0.216 e. The van der Waals surface area contributed by atoms with Crippen LogP contribution in [0.1, 0.15) is 57.9 Å². The standard InChI is InChI=1S/C21H34N2O2S/c1-17(2)26(24,25)23-15-12-21-20(16-23)10-7-13-22(21)14-11-18(3)19-8-5-4-6-9-19/h4-6,8-9,17-18,20-21H,7,10-16H2,1-3H3/t18?,20-,21-/m1/s1. The number of likely N-dealkylation sites (tertiary alicyclic amines) is 1. The highest BCUT2D eigenvalue weighted by atomic mass is 32.2. The average Bonchev–Trinajstić information content (AvgIpc) is 2.66. The van der Waals surface area contributed by atoms with Crippen molar-refractivity contribution < 1.29 is 8.42 Å². The van der Waals surface area contributed by atoms with E-state index in [-0.39, 0.29) is 5.25 Å². The normalized spacial score (nSPS) is 26.6. The monoisotopic (exact) mass is 378 g/mol. The van der Waals surface area contributed by atoms with Gasteiger partial charge in [-0.05, 0) is 70.0 Å². The highest BCUT2D eigenvalue weighted by Gasteiger charge is 2.39. The molecule has 0 spiro atoms. The number of hydrogen-bond acceptors (Lipinski definition) is 3. The van der Waals surface area contributed by atoms with Crippen LogP contribution in [0.25, 0.3) is 0 Å². The highest BCUT2D eigenvalue weighted by molar-refractivity contribution is 7.89. The Balaban J connectivity index is 1.58. The van der Waals surface area contributed by atoms with Crippen molar-refractivity contribution in [3.8, 4) is 0 Å². The molecule has 2 saturated heterocycles. The number of sulfonamides is 1. The molecule has 2 fully saturated rings. The lowest BCUT2D eigenvalue weighted by Gasteiger charge is -2.47. The van der Waals surface area contributed by atoms with Crippen LogP contribution in [0.3, 0.4) is 0 Å². The Kier molecular flexibility index (Phi) is 6.41. The quantitative estimate of drug-likeness (QED) is 0.758. The van der Waals surface area contributed by atoms with E-state index in [1.54, 1.807) is 18.2 Å². The molecule has 26 heavy (non-hydrogen) atoms. The molecule has 0 saturated carbocycles. The number of nitrogens with zero attached hydrogens (tertiary/aromatic N) is 2. The van der Waals surface area contributed by atoms with E-state index in [1.165, 1.54) is 31.4 Å². The third-order valence-electron chi connectivity index (χ3n) is 6.32. The van der Waals surface area contributed by atoms with E-state index >= 15 is 0 Å². The second kappa shape index (κ2) is 8.41. The highest BCUT2D eigenvalue weighted by Crippen LogP contribution is 2.33. The Morgan fingerprint density at radius 3 is 2.50 bits per heavy atom. The van der Waals surface area contributed by atoms with Crippen molar-refractivity contribution in [3.63, 3.8) is 0 Å². The fourth-order valence-corrected chi connectivity index (χ4v) is 5.94. The molecule has 146 valence electrons. The first-order valence-corrected chi connectivity index (χ1v) is 11.7. The molecule has 1 aromatic rings. The summed E-state index contributed by atoms with van der Waals surface area (Å²) in [6, 6.07) is 11.3. The van der Waals surface area contributed by atoms with Gasteiger partial charge in [0, 0.05) is 19.1 Å². The van der Waals surface area contributed by atoms with Gasteiger partial charge in [0.05, 0.1) is 5.25 Å². The van der Waals surface area contributed by atoms with Gasteiger partial charge < -0.3 is 0 Å². The Bertz CT molecular complexity index is 675. The Hall–Kier alpha value is -0.910. The number of rotatable bonds is 6. The lowest BCUT2D eigenvalue weighted by molar-refractivity contribution is 0.0452. The summed E-state index contributed by atoms with van der Waals surface area (Å²) in [6.07, 6.45) is 4.51.